The molecule has 0 saturated carbocycles. The van der Waals surface area contributed by atoms with Crippen molar-refractivity contribution < 1.29 is 28.6 Å². The Labute approximate surface area is 287 Å². The van der Waals surface area contributed by atoms with Crippen LogP contribution in [0.3, 0.4) is 0 Å². The van der Waals surface area contributed by atoms with Gasteiger partial charge < -0.3 is 29.3 Å². The fraction of sp³-hybridized carbons (Fsp3) is 0.615. The summed E-state index contributed by atoms with van der Waals surface area (Å²) >= 11 is 0. The van der Waals surface area contributed by atoms with Crippen LogP contribution in [0, 0.1) is 17.8 Å². The number of unbranched alkanes of at least 4 members (excludes halogenated alkanes) is 1. The fourth-order valence-electron chi connectivity index (χ4n) is 6.97. The van der Waals surface area contributed by atoms with E-state index in [-0.39, 0.29) is 30.9 Å². The van der Waals surface area contributed by atoms with Crippen molar-refractivity contribution >= 4 is 17.9 Å². The molecule has 2 atom stereocenters. The van der Waals surface area contributed by atoms with Crippen molar-refractivity contribution in [2.24, 2.45) is 17.8 Å². The van der Waals surface area contributed by atoms with Gasteiger partial charge in [0.05, 0.1) is 11.8 Å². The van der Waals surface area contributed by atoms with E-state index < -0.39 is 28.9 Å². The molecule has 0 spiro atoms. The monoisotopic (exact) mass is 663 g/mol. The van der Waals surface area contributed by atoms with Gasteiger partial charge in [-0.15, -0.1) is 0 Å². The number of hydrogen-bond donors (Lipinski definition) is 1. The average Bonchev–Trinajstić information content (AvgIpc) is 3.04. The van der Waals surface area contributed by atoms with Gasteiger partial charge >= 0.3 is 6.09 Å². The topological polar surface area (TPSA) is 97.4 Å². The zero-order valence-electron chi connectivity index (χ0n) is 30.3. The summed E-state index contributed by atoms with van der Waals surface area (Å²) in [4.78, 5) is 45.2. The molecule has 2 aromatic rings. The highest BCUT2D eigenvalue weighted by atomic mass is 16.6. The molecule has 0 aliphatic carbocycles. The Morgan fingerprint density at radius 2 is 1.56 bits per heavy atom. The van der Waals surface area contributed by atoms with Crippen LogP contribution in [0.2, 0.25) is 0 Å². The molecule has 4 rings (SSSR count). The summed E-state index contributed by atoms with van der Waals surface area (Å²) in [5.74, 6) is 0.748. The number of para-hydroxylation sites is 2. The number of fused-ring (bicyclic) bond motifs is 2. The lowest BCUT2D eigenvalue weighted by Crippen LogP contribution is -2.55. The largest absolute Gasteiger partial charge is 0.457 e. The number of nitrogens with zero attached hydrogens (tertiary/aromatic N) is 2. The van der Waals surface area contributed by atoms with Crippen LogP contribution in [0.5, 0.6) is 11.5 Å². The molecule has 2 heterocycles. The summed E-state index contributed by atoms with van der Waals surface area (Å²) in [7, 11) is 1.71. The van der Waals surface area contributed by atoms with Crippen LogP contribution in [0.4, 0.5) is 4.79 Å². The minimum atomic E-state index is -0.702. The lowest BCUT2D eigenvalue weighted by molar-refractivity contribution is -0.141. The molecular weight excluding hydrogens is 606 g/mol. The van der Waals surface area contributed by atoms with Crippen LogP contribution in [-0.2, 0) is 24.5 Å². The lowest BCUT2D eigenvalue weighted by atomic mass is 9.69. The minimum absolute atomic E-state index is 0.00653. The number of amides is 3. The number of hydrogen-bond acceptors (Lipinski definition) is 6. The van der Waals surface area contributed by atoms with Gasteiger partial charge in [-0.2, -0.15) is 0 Å². The van der Waals surface area contributed by atoms with Gasteiger partial charge in [0, 0.05) is 62.5 Å². The van der Waals surface area contributed by atoms with Crippen LogP contribution < -0.4 is 10.1 Å². The molecule has 9 heteroatoms. The van der Waals surface area contributed by atoms with E-state index in [0.717, 1.165) is 48.3 Å². The first-order valence-corrected chi connectivity index (χ1v) is 17.7. The van der Waals surface area contributed by atoms with E-state index in [1.165, 1.54) is 0 Å². The van der Waals surface area contributed by atoms with Gasteiger partial charge in [0.1, 0.15) is 17.1 Å². The van der Waals surface area contributed by atoms with Crippen molar-refractivity contribution in [3.8, 4) is 11.5 Å². The second-order valence-corrected chi connectivity index (χ2v) is 15.2. The average molecular weight is 664 g/mol. The SMILES string of the molecule is COCCCCC1(CNC(=O)[C@H]2C[C@@H](C(=O)N(CCC(C)C)C(C)C)CN(C(=O)OC(C)(C)C)C2)c2ccccc2Oc2ccccc21. The van der Waals surface area contributed by atoms with Crippen molar-refractivity contribution in [2.75, 3.05) is 39.9 Å². The van der Waals surface area contributed by atoms with Crippen LogP contribution >= 0.6 is 0 Å². The maximum atomic E-state index is 14.3. The van der Waals surface area contributed by atoms with Crippen molar-refractivity contribution in [3.63, 3.8) is 0 Å². The predicted octanol–water partition coefficient (Wildman–Crippen LogP) is 7.17. The third kappa shape index (κ3) is 9.10. The molecule has 264 valence electrons. The van der Waals surface area contributed by atoms with Crippen molar-refractivity contribution in [2.45, 2.75) is 97.6 Å². The van der Waals surface area contributed by atoms with Crippen LogP contribution in [0.15, 0.2) is 48.5 Å². The molecule has 0 radical (unpaired) electrons. The number of benzene rings is 2. The Bertz CT molecular complexity index is 1350. The van der Waals surface area contributed by atoms with Gasteiger partial charge in [-0.1, -0.05) is 50.2 Å². The van der Waals surface area contributed by atoms with Crippen LogP contribution in [0.1, 0.15) is 91.7 Å². The second kappa shape index (κ2) is 16.2. The van der Waals surface area contributed by atoms with E-state index >= 15 is 0 Å². The first-order valence-electron chi connectivity index (χ1n) is 17.7. The number of methoxy groups -OCH3 is 1. The molecule has 2 aromatic carbocycles. The second-order valence-electron chi connectivity index (χ2n) is 15.2. The van der Waals surface area contributed by atoms with Crippen molar-refractivity contribution in [1.29, 1.82) is 0 Å². The summed E-state index contributed by atoms with van der Waals surface area (Å²) in [5.41, 5.74) is 0.832. The number of nitrogens with one attached hydrogen (secondary N) is 1. The van der Waals surface area contributed by atoms with E-state index in [0.29, 0.717) is 32.0 Å². The fourth-order valence-corrected chi connectivity index (χ4v) is 6.97. The molecule has 0 bridgehead atoms. The number of carbonyl (C=O) groups excluding carboxylic acids is 3. The molecular formula is C39H57N3O6. The maximum absolute atomic E-state index is 14.3. The molecule has 2 aliphatic heterocycles. The third-order valence-corrected chi connectivity index (χ3v) is 9.47. The zero-order valence-corrected chi connectivity index (χ0v) is 30.3. The standard InChI is InChI=1S/C39H57N3O6/c1-27(2)19-21-42(28(3)4)36(44)30-23-29(24-41(25-30)37(45)48-38(5,6)7)35(43)40-26-39(20-13-14-22-46-8)31-15-9-11-17-33(31)47-34-18-12-10-16-32(34)39/h9-12,15-18,27-30H,13-14,19-26H2,1-8H3,(H,40,43)/t29-,30+/m0/s1. The lowest BCUT2D eigenvalue weighted by Gasteiger charge is -2.42. The predicted molar refractivity (Wildman–Crippen MR) is 188 cm³/mol. The summed E-state index contributed by atoms with van der Waals surface area (Å²) in [6, 6.07) is 16.1. The van der Waals surface area contributed by atoms with Crippen molar-refractivity contribution in [3.05, 3.63) is 59.7 Å². The molecule has 1 N–H and O–H groups in total. The van der Waals surface area contributed by atoms with E-state index in [4.69, 9.17) is 14.2 Å². The number of likely N-dealkylation sites (tertiary alicyclic amines) is 1. The molecule has 9 nitrogen and oxygen atoms in total. The summed E-state index contributed by atoms with van der Waals surface area (Å²) in [6.45, 7) is 15.9. The van der Waals surface area contributed by atoms with E-state index in [2.05, 4.69) is 31.3 Å². The molecule has 0 unspecified atom stereocenters. The summed E-state index contributed by atoms with van der Waals surface area (Å²) in [6.07, 6.45) is 3.31. The zero-order chi connectivity index (χ0) is 35.1. The van der Waals surface area contributed by atoms with E-state index in [9.17, 15) is 14.4 Å². The van der Waals surface area contributed by atoms with Crippen LogP contribution in [-0.4, -0.2) is 79.2 Å². The highest BCUT2D eigenvalue weighted by Crippen LogP contribution is 2.50. The maximum Gasteiger partial charge on any atom is 0.410 e. The number of carbonyl (C=O) groups is 3. The first-order chi connectivity index (χ1) is 22.8. The third-order valence-electron chi connectivity index (χ3n) is 9.47. The molecule has 1 fully saturated rings. The van der Waals surface area contributed by atoms with E-state index in [1.807, 2.05) is 75.9 Å². The molecule has 1 saturated heterocycles. The Balaban J connectivity index is 1.63. The minimum Gasteiger partial charge on any atom is -0.457 e. The molecule has 2 aliphatic rings. The molecule has 0 aromatic heterocycles. The first kappa shape index (κ1) is 37.2. The van der Waals surface area contributed by atoms with Gasteiger partial charge in [0.15, 0.2) is 0 Å². The summed E-state index contributed by atoms with van der Waals surface area (Å²) < 4.78 is 17.4. The quantitative estimate of drug-likeness (QED) is 0.228. The number of rotatable bonds is 13. The van der Waals surface area contributed by atoms with Gasteiger partial charge in [-0.05, 0) is 84.8 Å². The molecule has 48 heavy (non-hydrogen) atoms. The Kier molecular flexibility index (Phi) is 12.6. The van der Waals surface area contributed by atoms with Crippen LogP contribution in [0.25, 0.3) is 0 Å². The van der Waals surface area contributed by atoms with Gasteiger partial charge in [-0.3, -0.25) is 9.59 Å². The number of ether oxygens (including phenoxy) is 3. The molecule has 3 amide bonds. The smallest absolute Gasteiger partial charge is 0.410 e. The number of piperidine rings is 1. The summed E-state index contributed by atoms with van der Waals surface area (Å²) in [5, 5.41) is 3.32. The normalized spacial score (nSPS) is 18.5. The van der Waals surface area contributed by atoms with Gasteiger partial charge in [0.25, 0.3) is 0 Å². The van der Waals surface area contributed by atoms with E-state index in [1.54, 1.807) is 12.0 Å². The highest BCUT2D eigenvalue weighted by molar-refractivity contribution is 5.84. The Hall–Kier alpha value is -3.59. The highest BCUT2D eigenvalue weighted by Gasteiger charge is 2.44. The van der Waals surface area contributed by atoms with Crippen molar-refractivity contribution in [1.82, 2.24) is 15.1 Å². The Morgan fingerprint density at radius 3 is 2.12 bits per heavy atom. The van der Waals surface area contributed by atoms with Gasteiger partial charge in [0.2, 0.25) is 11.8 Å². The van der Waals surface area contributed by atoms with Gasteiger partial charge in [-0.25, -0.2) is 4.79 Å². The Morgan fingerprint density at radius 1 is 0.958 bits per heavy atom.